The second-order valence-electron chi connectivity index (χ2n) is 6.04. The Morgan fingerprint density at radius 3 is 2.13 bits per heavy atom. The monoisotopic (exact) mass is 488 g/mol. The molecule has 2 aromatic rings. The summed E-state index contributed by atoms with van der Waals surface area (Å²) in [4.78, 5) is 23.6. The lowest BCUT2D eigenvalue weighted by Gasteiger charge is -2.27. The summed E-state index contributed by atoms with van der Waals surface area (Å²) in [6, 6.07) is 13.3. The first-order chi connectivity index (χ1) is 14.1. The first-order valence-corrected chi connectivity index (χ1v) is 10.1. The molecule has 0 aliphatic carbocycles. The van der Waals surface area contributed by atoms with Gasteiger partial charge in [-0.05, 0) is 54.7 Å². The van der Waals surface area contributed by atoms with E-state index in [9.17, 15) is 9.59 Å². The summed E-state index contributed by atoms with van der Waals surface area (Å²) in [5.41, 5.74) is 1.59. The predicted molar refractivity (Wildman–Crippen MR) is 125 cm³/mol. The fraction of sp³-hybridized carbons (Fsp3) is 0.211. The van der Waals surface area contributed by atoms with Gasteiger partial charge in [0.25, 0.3) is 5.91 Å². The van der Waals surface area contributed by atoms with Gasteiger partial charge in [0.15, 0.2) is 5.11 Å². The maximum atomic E-state index is 12.6. The zero-order chi connectivity index (χ0) is 22.3. The fourth-order valence-electron chi connectivity index (χ4n) is 2.32. The van der Waals surface area contributed by atoms with Crippen molar-refractivity contribution in [3.05, 3.63) is 54.1 Å². The molecule has 160 valence electrons. The standard InChI is InChI=1S/C19H19Cl3N4O3S/c1-11(27)23-13-6-8-14(9-7-13)24-18(30)26-17(19(20,21)22)25-16(28)12-4-3-5-15(10-12)29-2/h3-10,17H,1-2H3,(H,23,27)(H,25,28)(H2,24,26,30)/t17-/m1/s1. The third kappa shape index (κ3) is 7.53. The molecule has 0 saturated heterocycles. The van der Waals surface area contributed by atoms with Crippen molar-refractivity contribution >= 4 is 75.3 Å². The van der Waals surface area contributed by atoms with Gasteiger partial charge < -0.3 is 26.0 Å². The van der Waals surface area contributed by atoms with Crippen molar-refractivity contribution in [2.45, 2.75) is 16.9 Å². The Labute approximate surface area is 194 Å². The molecule has 7 nitrogen and oxygen atoms in total. The van der Waals surface area contributed by atoms with Gasteiger partial charge in [-0.2, -0.15) is 0 Å². The Kier molecular flexibility index (Phi) is 8.54. The quantitative estimate of drug-likeness (QED) is 0.278. The number of anilines is 2. The predicted octanol–water partition coefficient (Wildman–Crippen LogP) is 4.07. The average Bonchev–Trinajstić information content (AvgIpc) is 2.68. The van der Waals surface area contributed by atoms with Crippen LogP contribution in [-0.4, -0.2) is 34.0 Å². The van der Waals surface area contributed by atoms with Crippen LogP contribution in [-0.2, 0) is 4.79 Å². The van der Waals surface area contributed by atoms with Crippen molar-refractivity contribution in [1.82, 2.24) is 10.6 Å². The lowest BCUT2D eigenvalue weighted by atomic mass is 10.2. The topological polar surface area (TPSA) is 91.5 Å². The summed E-state index contributed by atoms with van der Waals surface area (Å²) in [6.45, 7) is 1.42. The average molecular weight is 490 g/mol. The van der Waals surface area contributed by atoms with E-state index in [1.807, 2.05) is 0 Å². The maximum Gasteiger partial charge on any atom is 0.253 e. The van der Waals surface area contributed by atoms with E-state index in [1.165, 1.54) is 14.0 Å². The Morgan fingerprint density at radius 1 is 1.00 bits per heavy atom. The highest BCUT2D eigenvalue weighted by Crippen LogP contribution is 2.29. The molecule has 11 heteroatoms. The van der Waals surface area contributed by atoms with Gasteiger partial charge in [-0.15, -0.1) is 0 Å². The number of ether oxygens (including phenoxy) is 1. The number of amides is 2. The maximum absolute atomic E-state index is 12.6. The van der Waals surface area contributed by atoms with Gasteiger partial charge in [-0.1, -0.05) is 40.9 Å². The number of carbonyl (C=O) groups is 2. The Morgan fingerprint density at radius 2 is 1.60 bits per heavy atom. The minimum Gasteiger partial charge on any atom is -0.497 e. The number of benzene rings is 2. The van der Waals surface area contributed by atoms with Gasteiger partial charge >= 0.3 is 0 Å². The number of carbonyl (C=O) groups excluding carboxylic acids is 2. The molecule has 2 amide bonds. The second-order valence-corrected chi connectivity index (χ2v) is 8.81. The number of hydrogen-bond acceptors (Lipinski definition) is 4. The van der Waals surface area contributed by atoms with Crippen LogP contribution in [0.1, 0.15) is 17.3 Å². The number of alkyl halides is 3. The molecule has 0 saturated carbocycles. The minimum absolute atomic E-state index is 0.115. The first kappa shape index (κ1) is 24.0. The van der Waals surface area contributed by atoms with Crippen LogP contribution in [0.15, 0.2) is 48.5 Å². The minimum atomic E-state index is -1.89. The van der Waals surface area contributed by atoms with Crippen LogP contribution in [0, 0.1) is 0 Å². The summed E-state index contributed by atoms with van der Waals surface area (Å²) in [5.74, 6) is -0.147. The number of methoxy groups -OCH3 is 1. The highest BCUT2D eigenvalue weighted by Gasteiger charge is 2.35. The van der Waals surface area contributed by atoms with Crippen molar-refractivity contribution in [3.8, 4) is 5.75 Å². The Hall–Kier alpha value is -2.26. The molecule has 4 N–H and O–H groups in total. The molecule has 0 bridgehead atoms. The van der Waals surface area contributed by atoms with E-state index in [1.54, 1.807) is 48.5 Å². The molecule has 0 aliphatic rings. The van der Waals surface area contributed by atoms with Gasteiger partial charge in [0.2, 0.25) is 9.70 Å². The molecule has 0 heterocycles. The number of thiocarbonyl (C=S) groups is 1. The zero-order valence-corrected chi connectivity index (χ0v) is 19.0. The molecule has 0 aliphatic heterocycles. The molecule has 0 radical (unpaired) electrons. The smallest absolute Gasteiger partial charge is 0.253 e. The van der Waals surface area contributed by atoms with Crippen LogP contribution in [0.5, 0.6) is 5.75 Å². The van der Waals surface area contributed by atoms with Crippen molar-refractivity contribution in [2.24, 2.45) is 0 Å². The fourth-order valence-corrected chi connectivity index (χ4v) is 2.88. The van der Waals surface area contributed by atoms with Gasteiger partial charge in [0, 0.05) is 23.9 Å². The molecule has 2 aromatic carbocycles. The lowest BCUT2D eigenvalue weighted by molar-refractivity contribution is -0.114. The third-order valence-electron chi connectivity index (χ3n) is 3.67. The summed E-state index contributed by atoms with van der Waals surface area (Å²) in [6.07, 6.45) is -1.13. The normalized spacial score (nSPS) is 11.8. The van der Waals surface area contributed by atoms with E-state index in [0.29, 0.717) is 22.7 Å². The first-order valence-electron chi connectivity index (χ1n) is 8.55. The summed E-state index contributed by atoms with van der Waals surface area (Å²) >= 11 is 23.3. The summed E-state index contributed by atoms with van der Waals surface area (Å²) in [5, 5.41) is 11.1. The van der Waals surface area contributed by atoms with E-state index >= 15 is 0 Å². The van der Waals surface area contributed by atoms with Gasteiger partial charge in [0.1, 0.15) is 11.9 Å². The van der Waals surface area contributed by atoms with Crippen LogP contribution in [0.4, 0.5) is 11.4 Å². The number of hydrogen-bond donors (Lipinski definition) is 4. The highest BCUT2D eigenvalue weighted by molar-refractivity contribution is 7.80. The Balaban J connectivity index is 2.04. The highest BCUT2D eigenvalue weighted by atomic mass is 35.6. The molecule has 30 heavy (non-hydrogen) atoms. The van der Waals surface area contributed by atoms with Crippen molar-refractivity contribution in [2.75, 3.05) is 17.7 Å². The van der Waals surface area contributed by atoms with Crippen LogP contribution < -0.4 is 26.0 Å². The molecule has 0 aromatic heterocycles. The largest absolute Gasteiger partial charge is 0.497 e. The second kappa shape index (κ2) is 10.7. The molecule has 0 spiro atoms. The van der Waals surface area contributed by atoms with E-state index in [-0.39, 0.29) is 11.0 Å². The van der Waals surface area contributed by atoms with E-state index in [0.717, 1.165) is 0 Å². The van der Waals surface area contributed by atoms with Gasteiger partial charge in [-0.25, -0.2) is 0 Å². The SMILES string of the molecule is COc1cccc(C(=O)N[C@H](NC(=S)Nc2ccc(NC(C)=O)cc2)C(Cl)(Cl)Cl)c1. The Bertz CT molecular complexity index is 920. The van der Waals surface area contributed by atoms with Gasteiger partial charge in [0.05, 0.1) is 7.11 Å². The van der Waals surface area contributed by atoms with E-state index < -0.39 is 15.9 Å². The third-order valence-corrected chi connectivity index (χ3v) is 4.55. The molecule has 0 unspecified atom stereocenters. The van der Waals surface area contributed by atoms with E-state index in [4.69, 9.17) is 51.8 Å². The van der Waals surface area contributed by atoms with Crippen LogP contribution in [0.2, 0.25) is 0 Å². The molecule has 0 fully saturated rings. The number of rotatable bonds is 6. The van der Waals surface area contributed by atoms with Gasteiger partial charge in [-0.3, -0.25) is 9.59 Å². The van der Waals surface area contributed by atoms with Crippen molar-refractivity contribution in [1.29, 1.82) is 0 Å². The molecule has 2 rings (SSSR count). The number of halogens is 3. The molecular formula is C19H19Cl3N4O3S. The van der Waals surface area contributed by atoms with Crippen LogP contribution >= 0.6 is 47.0 Å². The summed E-state index contributed by atoms with van der Waals surface area (Å²) < 4.78 is 3.22. The molecular weight excluding hydrogens is 471 g/mol. The van der Waals surface area contributed by atoms with E-state index in [2.05, 4.69) is 21.3 Å². The number of nitrogens with one attached hydrogen (secondary N) is 4. The lowest BCUT2D eigenvalue weighted by Crippen LogP contribution is -2.56. The summed E-state index contributed by atoms with van der Waals surface area (Å²) in [7, 11) is 1.50. The van der Waals surface area contributed by atoms with Crippen LogP contribution in [0.25, 0.3) is 0 Å². The van der Waals surface area contributed by atoms with Crippen LogP contribution in [0.3, 0.4) is 0 Å². The van der Waals surface area contributed by atoms with Crippen molar-refractivity contribution < 1.29 is 14.3 Å². The van der Waals surface area contributed by atoms with Crippen molar-refractivity contribution in [3.63, 3.8) is 0 Å². The molecule has 1 atom stereocenters. The zero-order valence-electron chi connectivity index (χ0n) is 16.0.